The summed E-state index contributed by atoms with van der Waals surface area (Å²) in [5.41, 5.74) is 1.93. The zero-order valence-corrected chi connectivity index (χ0v) is 8.24. The van der Waals surface area contributed by atoms with Gasteiger partial charge in [0.15, 0.2) is 13.2 Å². The normalized spacial score (nSPS) is 10.5. The number of aryl methyl sites for hydroxylation is 2. The van der Waals surface area contributed by atoms with E-state index in [-0.39, 0.29) is 5.82 Å². The van der Waals surface area contributed by atoms with E-state index in [1.54, 1.807) is 6.07 Å². The van der Waals surface area contributed by atoms with E-state index in [1.807, 2.05) is 41.8 Å². The molecule has 2 rings (SSSR count). The molecule has 0 saturated heterocycles. The summed E-state index contributed by atoms with van der Waals surface area (Å²) in [6.45, 7) is 1.90. The lowest BCUT2D eigenvalue weighted by Crippen LogP contribution is -2.36. The van der Waals surface area contributed by atoms with Crippen molar-refractivity contribution < 1.29 is 9.07 Å². The lowest BCUT2D eigenvalue weighted by Gasteiger charge is -2.03. The molecular formula is C11H12FN2+. The molecule has 0 radical (unpaired) electrons. The largest absolute Gasteiger partial charge is 0.207 e. The summed E-state index contributed by atoms with van der Waals surface area (Å²) in [7, 11) is 1.95. The Hall–Kier alpha value is -1.64. The lowest BCUT2D eigenvalue weighted by molar-refractivity contribution is -0.744. The SMILES string of the molecule is Cc1cc(F)ccc1-n1ccc[n+]1C. The molecule has 1 aromatic carbocycles. The fourth-order valence-corrected chi connectivity index (χ4v) is 1.55. The van der Waals surface area contributed by atoms with E-state index in [9.17, 15) is 4.39 Å². The Kier molecular flexibility index (Phi) is 2.08. The number of halogens is 1. The van der Waals surface area contributed by atoms with E-state index in [0.29, 0.717) is 0 Å². The molecule has 0 bridgehead atoms. The van der Waals surface area contributed by atoms with Crippen molar-refractivity contribution >= 4 is 0 Å². The fraction of sp³-hybridized carbons (Fsp3) is 0.182. The van der Waals surface area contributed by atoms with E-state index in [1.165, 1.54) is 12.1 Å². The Morgan fingerprint density at radius 1 is 1.36 bits per heavy atom. The van der Waals surface area contributed by atoms with E-state index >= 15 is 0 Å². The smallest absolute Gasteiger partial charge is 0.195 e. The van der Waals surface area contributed by atoms with E-state index in [4.69, 9.17) is 0 Å². The number of hydrogen-bond donors (Lipinski definition) is 0. The molecule has 14 heavy (non-hydrogen) atoms. The van der Waals surface area contributed by atoms with Gasteiger partial charge in [0, 0.05) is 6.07 Å². The van der Waals surface area contributed by atoms with Crippen LogP contribution in [0.2, 0.25) is 0 Å². The molecule has 0 fully saturated rings. The first kappa shape index (κ1) is 8.94. The van der Waals surface area contributed by atoms with Crippen LogP contribution in [-0.2, 0) is 7.05 Å². The number of aromatic nitrogens is 2. The highest BCUT2D eigenvalue weighted by Gasteiger charge is 2.08. The highest BCUT2D eigenvalue weighted by atomic mass is 19.1. The van der Waals surface area contributed by atoms with Crippen LogP contribution in [0.5, 0.6) is 0 Å². The van der Waals surface area contributed by atoms with Crippen LogP contribution >= 0.6 is 0 Å². The predicted molar refractivity (Wildman–Crippen MR) is 51.6 cm³/mol. The second-order valence-corrected chi connectivity index (χ2v) is 3.34. The van der Waals surface area contributed by atoms with Gasteiger partial charge < -0.3 is 0 Å². The summed E-state index contributed by atoms with van der Waals surface area (Å²) >= 11 is 0. The third-order valence-electron chi connectivity index (χ3n) is 2.27. The first-order valence-electron chi connectivity index (χ1n) is 4.48. The van der Waals surface area contributed by atoms with Crippen molar-refractivity contribution in [3.05, 3.63) is 48.0 Å². The van der Waals surface area contributed by atoms with Crippen molar-refractivity contribution in [1.82, 2.24) is 4.68 Å². The summed E-state index contributed by atoms with van der Waals surface area (Å²) in [6, 6.07) is 6.74. The molecule has 0 aliphatic rings. The summed E-state index contributed by atoms with van der Waals surface area (Å²) in [5.74, 6) is -0.193. The van der Waals surface area contributed by atoms with Gasteiger partial charge in [-0.25, -0.2) is 4.39 Å². The molecular weight excluding hydrogens is 179 g/mol. The van der Waals surface area contributed by atoms with Gasteiger partial charge in [0.05, 0.1) is 6.20 Å². The van der Waals surface area contributed by atoms with Crippen molar-refractivity contribution in [1.29, 1.82) is 0 Å². The second kappa shape index (κ2) is 3.25. The van der Waals surface area contributed by atoms with Crippen LogP contribution in [0.25, 0.3) is 5.69 Å². The fourth-order valence-electron chi connectivity index (χ4n) is 1.55. The zero-order chi connectivity index (χ0) is 10.1. The summed E-state index contributed by atoms with van der Waals surface area (Å²) in [4.78, 5) is 0. The topological polar surface area (TPSA) is 8.81 Å². The number of benzene rings is 1. The van der Waals surface area contributed by atoms with Crippen molar-refractivity contribution in [3.63, 3.8) is 0 Å². The van der Waals surface area contributed by atoms with Gasteiger partial charge in [-0.15, -0.1) is 9.36 Å². The lowest BCUT2D eigenvalue weighted by atomic mass is 10.2. The zero-order valence-electron chi connectivity index (χ0n) is 8.24. The number of rotatable bonds is 1. The van der Waals surface area contributed by atoms with Gasteiger partial charge in [-0.2, -0.15) is 0 Å². The maximum atomic E-state index is 12.9. The average Bonchev–Trinajstić information content (AvgIpc) is 2.52. The Bertz CT molecular complexity index is 460. The van der Waals surface area contributed by atoms with Crippen LogP contribution in [0.15, 0.2) is 36.7 Å². The second-order valence-electron chi connectivity index (χ2n) is 3.34. The van der Waals surface area contributed by atoms with Gasteiger partial charge in [-0.3, -0.25) is 0 Å². The van der Waals surface area contributed by atoms with Crippen molar-refractivity contribution in [2.45, 2.75) is 6.92 Å². The van der Waals surface area contributed by atoms with Crippen molar-refractivity contribution in [2.75, 3.05) is 0 Å². The molecule has 2 aromatic rings. The molecule has 0 aliphatic carbocycles. The summed E-state index contributed by atoms with van der Waals surface area (Å²) in [5, 5.41) is 0. The summed E-state index contributed by atoms with van der Waals surface area (Å²) < 4.78 is 16.8. The van der Waals surface area contributed by atoms with Crippen LogP contribution in [-0.4, -0.2) is 4.68 Å². The van der Waals surface area contributed by atoms with Crippen LogP contribution in [0, 0.1) is 12.7 Å². The van der Waals surface area contributed by atoms with Crippen LogP contribution in [0.1, 0.15) is 5.56 Å². The third kappa shape index (κ3) is 1.41. The Labute approximate surface area is 82.2 Å². The molecule has 0 atom stereocenters. The monoisotopic (exact) mass is 191 g/mol. The molecule has 0 saturated carbocycles. The molecule has 72 valence electrons. The minimum atomic E-state index is -0.193. The van der Waals surface area contributed by atoms with Crippen molar-refractivity contribution in [3.8, 4) is 5.69 Å². The number of hydrogen-bond acceptors (Lipinski definition) is 0. The predicted octanol–water partition coefficient (Wildman–Crippen LogP) is 1.75. The summed E-state index contributed by atoms with van der Waals surface area (Å²) in [6.07, 6.45) is 3.89. The highest BCUT2D eigenvalue weighted by molar-refractivity contribution is 5.38. The Morgan fingerprint density at radius 2 is 2.14 bits per heavy atom. The molecule has 0 unspecified atom stereocenters. The van der Waals surface area contributed by atoms with Crippen LogP contribution in [0.4, 0.5) is 4.39 Å². The molecule has 2 nitrogen and oxygen atoms in total. The van der Waals surface area contributed by atoms with Gasteiger partial charge in [-0.1, -0.05) is 0 Å². The Balaban J connectivity index is 2.58. The van der Waals surface area contributed by atoms with E-state index in [2.05, 4.69) is 0 Å². The van der Waals surface area contributed by atoms with Gasteiger partial charge in [0.2, 0.25) is 0 Å². The maximum Gasteiger partial charge on any atom is 0.195 e. The van der Waals surface area contributed by atoms with Crippen molar-refractivity contribution in [2.24, 2.45) is 7.05 Å². The molecule has 0 amide bonds. The Morgan fingerprint density at radius 3 is 2.71 bits per heavy atom. The number of nitrogens with zero attached hydrogens (tertiary/aromatic N) is 2. The minimum absolute atomic E-state index is 0.193. The van der Waals surface area contributed by atoms with E-state index < -0.39 is 0 Å². The minimum Gasteiger partial charge on any atom is -0.207 e. The first-order valence-corrected chi connectivity index (χ1v) is 4.48. The molecule has 1 heterocycles. The third-order valence-corrected chi connectivity index (χ3v) is 2.27. The quantitative estimate of drug-likeness (QED) is 0.607. The van der Waals surface area contributed by atoms with Crippen LogP contribution in [0.3, 0.4) is 0 Å². The molecule has 0 spiro atoms. The molecule has 0 N–H and O–H groups in total. The molecule has 3 heteroatoms. The molecule has 1 aromatic heterocycles. The van der Waals surface area contributed by atoms with Gasteiger partial charge in [0.25, 0.3) is 0 Å². The maximum absolute atomic E-state index is 12.9. The van der Waals surface area contributed by atoms with Gasteiger partial charge in [-0.05, 0) is 30.7 Å². The van der Waals surface area contributed by atoms with Gasteiger partial charge >= 0.3 is 0 Å². The standard InChI is InChI=1S/C11H12FN2/c1-9-8-10(12)4-5-11(9)14-7-3-6-13(14)2/h3-8H,1-2H3/q+1. The molecule has 0 aliphatic heterocycles. The van der Waals surface area contributed by atoms with Crippen LogP contribution < -0.4 is 4.68 Å². The highest BCUT2D eigenvalue weighted by Crippen LogP contribution is 2.13. The van der Waals surface area contributed by atoms with E-state index in [0.717, 1.165) is 11.3 Å². The first-order chi connectivity index (χ1) is 6.68. The van der Waals surface area contributed by atoms with Gasteiger partial charge in [0.1, 0.15) is 11.5 Å². The average molecular weight is 191 g/mol.